The van der Waals surface area contributed by atoms with Crippen LogP contribution in [-0.4, -0.2) is 24.6 Å². The number of carbonyl (C=O) groups is 2. The van der Waals surface area contributed by atoms with E-state index in [1.54, 1.807) is 31.2 Å². The maximum atomic E-state index is 12.1. The Balaban J connectivity index is 1.51. The fraction of sp³-hybridized carbons (Fsp3) is 0.316. The van der Waals surface area contributed by atoms with Crippen molar-refractivity contribution in [2.75, 3.05) is 11.9 Å². The number of aryl methyl sites for hydroxylation is 1. The van der Waals surface area contributed by atoms with E-state index in [1.165, 1.54) is 11.3 Å². The predicted molar refractivity (Wildman–Crippen MR) is 97.2 cm³/mol. The fourth-order valence-corrected chi connectivity index (χ4v) is 4.03. The molecule has 134 valence electrons. The summed E-state index contributed by atoms with van der Waals surface area (Å²) >= 11 is 1.42. The van der Waals surface area contributed by atoms with Crippen LogP contribution in [0.5, 0.6) is 5.75 Å². The molecule has 0 bridgehead atoms. The van der Waals surface area contributed by atoms with Crippen molar-refractivity contribution in [2.45, 2.75) is 32.3 Å². The summed E-state index contributed by atoms with van der Waals surface area (Å²) < 4.78 is 10.5. The summed E-state index contributed by atoms with van der Waals surface area (Å²) in [6, 6.07) is 11.1. The molecule has 0 aliphatic heterocycles. The molecule has 2 aromatic rings. The highest BCUT2D eigenvalue weighted by Gasteiger charge is 2.24. The Kier molecular flexibility index (Phi) is 5.54. The second-order valence-electron chi connectivity index (χ2n) is 5.90. The number of hydrogen-bond acceptors (Lipinski definition) is 6. The number of anilines is 1. The van der Waals surface area contributed by atoms with Gasteiger partial charge in [0.25, 0.3) is 5.91 Å². The van der Waals surface area contributed by atoms with E-state index in [4.69, 9.17) is 9.47 Å². The van der Waals surface area contributed by atoms with E-state index in [1.807, 2.05) is 6.07 Å². The van der Waals surface area contributed by atoms with Gasteiger partial charge in [0.15, 0.2) is 12.7 Å². The number of hydrogen-bond donors (Lipinski definition) is 1. The van der Waals surface area contributed by atoms with Crippen LogP contribution in [0.1, 0.15) is 29.3 Å². The van der Waals surface area contributed by atoms with Crippen molar-refractivity contribution in [1.82, 2.24) is 0 Å². The van der Waals surface area contributed by atoms with Crippen LogP contribution in [0.25, 0.3) is 0 Å². The zero-order valence-electron chi connectivity index (χ0n) is 14.3. The van der Waals surface area contributed by atoms with Crippen molar-refractivity contribution >= 4 is 28.2 Å². The van der Waals surface area contributed by atoms with Gasteiger partial charge in [-0.3, -0.25) is 4.79 Å². The molecule has 0 unspecified atom stereocenters. The molecule has 0 saturated heterocycles. The summed E-state index contributed by atoms with van der Waals surface area (Å²) in [5.41, 5.74) is 1.57. The highest BCUT2D eigenvalue weighted by molar-refractivity contribution is 7.16. The Hall–Kier alpha value is -2.85. The average Bonchev–Trinajstić information content (AvgIpc) is 3.21. The van der Waals surface area contributed by atoms with Gasteiger partial charge >= 0.3 is 5.97 Å². The number of nitrogens with one attached hydrogen (secondary N) is 1. The lowest BCUT2D eigenvalue weighted by atomic mass is 10.1. The zero-order valence-corrected chi connectivity index (χ0v) is 15.1. The first-order chi connectivity index (χ1) is 12.6. The first-order valence-electron chi connectivity index (χ1n) is 8.31. The molecule has 1 amide bonds. The Morgan fingerprint density at radius 1 is 1.31 bits per heavy atom. The Morgan fingerprint density at radius 3 is 2.81 bits per heavy atom. The molecule has 1 atom stereocenters. The highest BCUT2D eigenvalue weighted by atomic mass is 32.1. The molecule has 6 nitrogen and oxygen atoms in total. The number of ether oxygens (including phenoxy) is 2. The number of amides is 1. The topological polar surface area (TPSA) is 88.4 Å². The van der Waals surface area contributed by atoms with Gasteiger partial charge < -0.3 is 14.8 Å². The van der Waals surface area contributed by atoms with Crippen LogP contribution in [0.3, 0.4) is 0 Å². The third-order valence-electron chi connectivity index (χ3n) is 4.02. The molecule has 0 saturated carbocycles. The number of rotatable bonds is 6. The third kappa shape index (κ3) is 4.03. The lowest BCUT2D eigenvalue weighted by Gasteiger charge is -2.13. The molecule has 1 aliphatic carbocycles. The number of esters is 1. The normalized spacial score (nSPS) is 13.4. The van der Waals surface area contributed by atoms with E-state index in [9.17, 15) is 14.9 Å². The van der Waals surface area contributed by atoms with Gasteiger partial charge in [-0.25, -0.2) is 4.79 Å². The minimum atomic E-state index is -0.828. The van der Waals surface area contributed by atoms with Gasteiger partial charge in [0.1, 0.15) is 16.8 Å². The molecular weight excluding hydrogens is 352 g/mol. The maximum absolute atomic E-state index is 12.1. The van der Waals surface area contributed by atoms with Crippen molar-refractivity contribution < 1.29 is 19.1 Å². The van der Waals surface area contributed by atoms with Crippen LogP contribution in [0.15, 0.2) is 30.3 Å². The van der Waals surface area contributed by atoms with Crippen LogP contribution >= 0.6 is 11.3 Å². The molecule has 1 aromatic heterocycles. The fourth-order valence-electron chi connectivity index (χ4n) is 2.78. The summed E-state index contributed by atoms with van der Waals surface area (Å²) in [4.78, 5) is 25.2. The molecule has 26 heavy (non-hydrogen) atoms. The largest absolute Gasteiger partial charge is 0.479 e. The van der Waals surface area contributed by atoms with Gasteiger partial charge in [-0.05, 0) is 43.9 Å². The third-order valence-corrected chi connectivity index (χ3v) is 5.23. The molecule has 1 aromatic carbocycles. The number of benzene rings is 1. The van der Waals surface area contributed by atoms with E-state index in [0.29, 0.717) is 16.3 Å². The summed E-state index contributed by atoms with van der Waals surface area (Å²) in [6.45, 7) is 1.14. The number of para-hydroxylation sites is 1. The molecule has 0 radical (unpaired) electrons. The Bertz CT molecular complexity index is 854. The first-order valence-corrected chi connectivity index (χ1v) is 9.13. The van der Waals surface area contributed by atoms with Crippen molar-refractivity contribution in [3.63, 3.8) is 0 Å². The molecular formula is C19H18N2O4S. The van der Waals surface area contributed by atoms with E-state index in [-0.39, 0.29) is 0 Å². The lowest BCUT2D eigenvalue weighted by molar-refractivity contribution is -0.153. The minimum Gasteiger partial charge on any atom is -0.479 e. The Labute approximate surface area is 155 Å². The van der Waals surface area contributed by atoms with Crippen molar-refractivity contribution in [1.29, 1.82) is 5.26 Å². The summed E-state index contributed by atoms with van der Waals surface area (Å²) in [5.74, 6) is -0.548. The predicted octanol–water partition coefficient (Wildman–Crippen LogP) is 3.06. The lowest BCUT2D eigenvalue weighted by Crippen LogP contribution is -2.29. The molecule has 7 heteroatoms. The van der Waals surface area contributed by atoms with Gasteiger partial charge in [0, 0.05) is 4.88 Å². The van der Waals surface area contributed by atoms with Crippen molar-refractivity contribution in [3.8, 4) is 11.8 Å². The highest BCUT2D eigenvalue weighted by Crippen LogP contribution is 2.38. The number of fused-ring (bicyclic) bond motifs is 1. The molecule has 1 aliphatic rings. The molecule has 3 rings (SSSR count). The maximum Gasteiger partial charge on any atom is 0.347 e. The standard InChI is InChI=1S/C19H18N2O4S/c1-12(25-13-6-3-2-4-7-13)19(23)24-11-17(22)21-18-15(10-20)14-8-5-9-16(14)26-18/h2-4,6-7,12H,5,8-9,11H2,1H3,(H,21,22)/t12-/m1/s1. The number of thiophene rings is 1. The summed E-state index contributed by atoms with van der Waals surface area (Å²) in [7, 11) is 0. The Morgan fingerprint density at radius 2 is 2.08 bits per heavy atom. The van der Waals surface area contributed by atoms with Crippen molar-refractivity contribution in [2.24, 2.45) is 0 Å². The number of nitriles is 1. The second kappa shape index (κ2) is 8.02. The van der Waals surface area contributed by atoms with Crippen LogP contribution in [0.2, 0.25) is 0 Å². The molecule has 1 N–H and O–H groups in total. The van der Waals surface area contributed by atoms with Gasteiger partial charge in [-0.2, -0.15) is 5.26 Å². The minimum absolute atomic E-state index is 0.422. The number of nitrogens with zero attached hydrogens (tertiary/aromatic N) is 1. The van der Waals surface area contributed by atoms with E-state index < -0.39 is 24.6 Å². The molecule has 0 fully saturated rings. The van der Waals surface area contributed by atoms with Crippen LogP contribution in [-0.2, 0) is 27.2 Å². The van der Waals surface area contributed by atoms with Gasteiger partial charge in [-0.15, -0.1) is 11.3 Å². The van der Waals surface area contributed by atoms with Gasteiger partial charge in [-0.1, -0.05) is 18.2 Å². The average molecular weight is 370 g/mol. The van der Waals surface area contributed by atoms with Crippen molar-refractivity contribution in [3.05, 3.63) is 46.3 Å². The summed E-state index contributed by atoms with van der Waals surface area (Å²) in [6.07, 6.45) is 2.02. The molecule has 0 spiro atoms. The van der Waals surface area contributed by atoms with Gasteiger partial charge in [0.2, 0.25) is 0 Å². The quantitative estimate of drug-likeness (QED) is 0.790. The van der Waals surface area contributed by atoms with Crippen LogP contribution in [0, 0.1) is 11.3 Å². The van der Waals surface area contributed by atoms with Crippen LogP contribution in [0.4, 0.5) is 5.00 Å². The van der Waals surface area contributed by atoms with E-state index in [0.717, 1.165) is 29.7 Å². The number of carbonyl (C=O) groups excluding carboxylic acids is 2. The first kappa shape index (κ1) is 18.0. The monoisotopic (exact) mass is 370 g/mol. The second-order valence-corrected chi connectivity index (χ2v) is 7.01. The smallest absolute Gasteiger partial charge is 0.347 e. The SMILES string of the molecule is C[C@@H](Oc1ccccc1)C(=O)OCC(=O)Nc1sc2c(c1C#N)CCC2. The van der Waals surface area contributed by atoms with E-state index in [2.05, 4.69) is 11.4 Å². The van der Waals surface area contributed by atoms with E-state index >= 15 is 0 Å². The van der Waals surface area contributed by atoms with Gasteiger partial charge in [0.05, 0.1) is 5.56 Å². The van der Waals surface area contributed by atoms with Crippen LogP contribution < -0.4 is 10.1 Å². The summed E-state index contributed by atoms with van der Waals surface area (Å²) in [5, 5.41) is 12.5. The zero-order chi connectivity index (χ0) is 18.5. The molecule has 1 heterocycles.